The molecule has 0 radical (unpaired) electrons. The molecule has 1 heteroatoms. The Balaban J connectivity index is 2.23. The number of halogens is 1. The molecule has 0 aliphatic carbocycles. The summed E-state index contributed by atoms with van der Waals surface area (Å²) in [4.78, 5) is 0. The van der Waals surface area contributed by atoms with Gasteiger partial charge in [-0.2, -0.15) is 0 Å². The molecule has 0 aliphatic heterocycles. The minimum absolute atomic E-state index is 0.174. The molecule has 2 rings (SSSR count). The minimum atomic E-state index is -0.174. The lowest BCUT2D eigenvalue weighted by molar-refractivity contribution is 0.627. The monoisotopic (exact) mass is 214 g/mol. The van der Waals surface area contributed by atoms with Crippen molar-refractivity contribution in [1.82, 2.24) is 0 Å². The van der Waals surface area contributed by atoms with E-state index in [9.17, 15) is 4.39 Å². The SMILES string of the molecule is CCc1ccccc1Cc1ccc(F)cc1. The molecule has 0 saturated carbocycles. The Morgan fingerprint density at radius 1 is 0.875 bits per heavy atom. The Morgan fingerprint density at radius 3 is 2.12 bits per heavy atom. The molecule has 2 aromatic rings. The molecule has 0 aliphatic rings. The Labute approximate surface area is 95.7 Å². The maximum atomic E-state index is 12.8. The van der Waals surface area contributed by atoms with Gasteiger partial charge in [-0.1, -0.05) is 43.3 Å². The fourth-order valence-corrected chi connectivity index (χ4v) is 1.90. The smallest absolute Gasteiger partial charge is 0.123 e. The van der Waals surface area contributed by atoms with Crippen LogP contribution in [0, 0.1) is 5.82 Å². The predicted molar refractivity (Wildman–Crippen MR) is 65.0 cm³/mol. The number of hydrogen-bond acceptors (Lipinski definition) is 0. The average Bonchev–Trinajstić information content (AvgIpc) is 2.33. The molecule has 0 fully saturated rings. The van der Waals surface area contributed by atoms with Crippen molar-refractivity contribution >= 4 is 0 Å². The molecule has 0 atom stereocenters. The predicted octanol–water partition coefficient (Wildman–Crippen LogP) is 3.98. The van der Waals surface area contributed by atoms with Gasteiger partial charge in [-0.25, -0.2) is 4.39 Å². The van der Waals surface area contributed by atoms with Crippen molar-refractivity contribution in [2.45, 2.75) is 19.8 Å². The summed E-state index contributed by atoms with van der Waals surface area (Å²) < 4.78 is 12.8. The second-order valence-corrected chi connectivity index (χ2v) is 3.93. The second-order valence-electron chi connectivity index (χ2n) is 3.93. The van der Waals surface area contributed by atoms with E-state index in [1.54, 1.807) is 0 Å². The zero-order valence-electron chi connectivity index (χ0n) is 9.41. The van der Waals surface area contributed by atoms with Crippen LogP contribution < -0.4 is 0 Å². The maximum absolute atomic E-state index is 12.8. The molecular formula is C15H15F. The summed E-state index contributed by atoms with van der Waals surface area (Å²) in [5.74, 6) is -0.174. The van der Waals surface area contributed by atoms with Crippen LogP contribution in [0.4, 0.5) is 4.39 Å². The third-order valence-electron chi connectivity index (χ3n) is 2.81. The van der Waals surface area contributed by atoms with Crippen LogP contribution in [0.5, 0.6) is 0 Å². The van der Waals surface area contributed by atoms with Crippen LogP contribution in [-0.2, 0) is 12.8 Å². The van der Waals surface area contributed by atoms with Gasteiger partial charge < -0.3 is 0 Å². The molecule has 0 saturated heterocycles. The summed E-state index contributed by atoms with van der Waals surface area (Å²) in [6.45, 7) is 2.16. The van der Waals surface area contributed by atoms with E-state index >= 15 is 0 Å². The summed E-state index contributed by atoms with van der Waals surface area (Å²) in [6, 6.07) is 15.1. The number of rotatable bonds is 3. The van der Waals surface area contributed by atoms with Crippen molar-refractivity contribution < 1.29 is 4.39 Å². The zero-order valence-corrected chi connectivity index (χ0v) is 9.41. The van der Waals surface area contributed by atoms with E-state index in [0.29, 0.717) is 0 Å². The highest BCUT2D eigenvalue weighted by Crippen LogP contribution is 2.15. The summed E-state index contributed by atoms with van der Waals surface area (Å²) in [5, 5.41) is 0. The first-order valence-corrected chi connectivity index (χ1v) is 5.61. The van der Waals surface area contributed by atoms with Crippen molar-refractivity contribution in [1.29, 1.82) is 0 Å². The third-order valence-corrected chi connectivity index (χ3v) is 2.81. The van der Waals surface area contributed by atoms with E-state index in [2.05, 4.69) is 31.2 Å². The van der Waals surface area contributed by atoms with E-state index < -0.39 is 0 Å². The molecule has 2 aromatic carbocycles. The van der Waals surface area contributed by atoms with Gasteiger partial charge >= 0.3 is 0 Å². The Kier molecular flexibility index (Phi) is 3.35. The van der Waals surface area contributed by atoms with Crippen molar-refractivity contribution in [3.63, 3.8) is 0 Å². The molecule has 0 amide bonds. The number of aryl methyl sites for hydroxylation is 1. The molecule has 0 unspecified atom stereocenters. The second kappa shape index (κ2) is 4.93. The lowest BCUT2D eigenvalue weighted by atomic mass is 9.98. The quantitative estimate of drug-likeness (QED) is 0.725. The lowest BCUT2D eigenvalue weighted by Gasteiger charge is -2.07. The first kappa shape index (κ1) is 10.9. The van der Waals surface area contributed by atoms with Gasteiger partial charge in [0.25, 0.3) is 0 Å². The van der Waals surface area contributed by atoms with Crippen molar-refractivity contribution in [2.24, 2.45) is 0 Å². The molecule has 0 nitrogen and oxygen atoms in total. The molecule has 0 bridgehead atoms. The largest absolute Gasteiger partial charge is 0.207 e. The number of hydrogen-bond donors (Lipinski definition) is 0. The Bertz CT molecular complexity index is 457. The Hall–Kier alpha value is -1.63. The van der Waals surface area contributed by atoms with Gasteiger partial charge in [-0.05, 0) is 41.7 Å². The minimum Gasteiger partial charge on any atom is -0.207 e. The summed E-state index contributed by atoms with van der Waals surface area (Å²) >= 11 is 0. The van der Waals surface area contributed by atoms with E-state index in [-0.39, 0.29) is 5.82 Å². The molecule has 16 heavy (non-hydrogen) atoms. The normalized spacial score (nSPS) is 10.4. The molecule has 0 aromatic heterocycles. The highest BCUT2D eigenvalue weighted by molar-refractivity contribution is 5.32. The van der Waals surface area contributed by atoms with Crippen LogP contribution in [0.1, 0.15) is 23.6 Å². The molecule has 0 N–H and O–H groups in total. The fraction of sp³-hybridized carbons (Fsp3) is 0.200. The van der Waals surface area contributed by atoms with Crippen LogP contribution in [0.15, 0.2) is 48.5 Å². The summed E-state index contributed by atoms with van der Waals surface area (Å²) in [7, 11) is 0. The summed E-state index contributed by atoms with van der Waals surface area (Å²) in [6.07, 6.45) is 1.92. The van der Waals surface area contributed by atoms with Crippen LogP contribution in [0.25, 0.3) is 0 Å². The zero-order chi connectivity index (χ0) is 11.4. The van der Waals surface area contributed by atoms with Gasteiger partial charge in [0.05, 0.1) is 0 Å². The van der Waals surface area contributed by atoms with Crippen LogP contribution >= 0.6 is 0 Å². The molecule has 82 valence electrons. The number of benzene rings is 2. The molecule has 0 spiro atoms. The summed E-state index contributed by atoms with van der Waals surface area (Å²) in [5.41, 5.74) is 3.85. The van der Waals surface area contributed by atoms with Crippen molar-refractivity contribution in [3.8, 4) is 0 Å². The fourth-order valence-electron chi connectivity index (χ4n) is 1.90. The lowest BCUT2D eigenvalue weighted by Crippen LogP contribution is -1.94. The first-order chi connectivity index (χ1) is 7.79. The van der Waals surface area contributed by atoms with Crippen LogP contribution in [0.2, 0.25) is 0 Å². The first-order valence-electron chi connectivity index (χ1n) is 5.61. The van der Waals surface area contributed by atoms with Crippen LogP contribution in [0.3, 0.4) is 0 Å². The van der Waals surface area contributed by atoms with E-state index in [0.717, 1.165) is 18.4 Å². The van der Waals surface area contributed by atoms with E-state index in [1.165, 1.54) is 23.3 Å². The van der Waals surface area contributed by atoms with Crippen LogP contribution in [-0.4, -0.2) is 0 Å². The standard InChI is InChI=1S/C15H15F/c1-2-13-5-3-4-6-14(13)11-12-7-9-15(16)10-8-12/h3-10H,2,11H2,1H3. The van der Waals surface area contributed by atoms with Gasteiger partial charge in [-0.15, -0.1) is 0 Å². The van der Waals surface area contributed by atoms with E-state index in [1.807, 2.05) is 12.1 Å². The van der Waals surface area contributed by atoms with Crippen molar-refractivity contribution in [3.05, 3.63) is 71.0 Å². The Morgan fingerprint density at radius 2 is 1.50 bits per heavy atom. The average molecular weight is 214 g/mol. The topological polar surface area (TPSA) is 0 Å². The molecule has 0 heterocycles. The maximum Gasteiger partial charge on any atom is 0.123 e. The highest BCUT2D eigenvalue weighted by atomic mass is 19.1. The van der Waals surface area contributed by atoms with Gasteiger partial charge in [-0.3, -0.25) is 0 Å². The van der Waals surface area contributed by atoms with E-state index in [4.69, 9.17) is 0 Å². The third kappa shape index (κ3) is 2.48. The van der Waals surface area contributed by atoms with Gasteiger partial charge in [0.2, 0.25) is 0 Å². The molecular weight excluding hydrogens is 199 g/mol. The van der Waals surface area contributed by atoms with Gasteiger partial charge in [0.15, 0.2) is 0 Å². The highest BCUT2D eigenvalue weighted by Gasteiger charge is 2.01. The van der Waals surface area contributed by atoms with Gasteiger partial charge in [0.1, 0.15) is 5.82 Å². The van der Waals surface area contributed by atoms with Crippen molar-refractivity contribution in [2.75, 3.05) is 0 Å². The van der Waals surface area contributed by atoms with Gasteiger partial charge in [0, 0.05) is 0 Å².